The minimum absolute atomic E-state index is 0.170. The van der Waals surface area contributed by atoms with Crippen molar-refractivity contribution in [2.75, 3.05) is 0 Å². The Balaban J connectivity index is 1.63. The summed E-state index contributed by atoms with van der Waals surface area (Å²) >= 11 is 0. The predicted molar refractivity (Wildman–Crippen MR) is 106 cm³/mol. The first-order valence-electron chi connectivity index (χ1n) is 9.91. The number of aliphatic hydroxyl groups excluding tert-OH is 1. The molecule has 0 amide bonds. The molecule has 0 heterocycles. The molecule has 0 spiro atoms. The summed E-state index contributed by atoms with van der Waals surface area (Å²) in [4.78, 5) is 0. The second-order valence-corrected chi connectivity index (χ2v) is 8.56. The first-order chi connectivity index (χ1) is 12.0. The van der Waals surface area contributed by atoms with Gasteiger partial charge in [-0.15, -0.1) is 0 Å². The fourth-order valence-electron chi connectivity index (χ4n) is 5.44. The van der Waals surface area contributed by atoms with Crippen LogP contribution >= 0.6 is 0 Å². The van der Waals surface area contributed by atoms with Crippen LogP contribution in [0.25, 0.3) is 5.76 Å². The number of rotatable bonds is 3. The van der Waals surface area contributed by atoms with Gasteiger partial charge in [-0.25, -0.2) is 0 Å². The first kappa shape index (κ1) is 16.7. The Labute approximate surface area is 152 Å². The average Bonchev–Trinajstić information content (AvgIpc) is 3.10. The van der Waals surface area contributed by atoms with Crippen LogP contribution in [-0.2, 0) is 6.42 Å². The molecule has 1 saturated carbocycles. The summed E-state index contributed by atoms with van der Waals surface area (Å²) in [6, 6.07) is 6.38. The smallest absolute Gasteiger partial charge is 0.115 e. The molecule has 132 valence electrons. The lowest BCUT2D eigenvalue weighted by atomic mass is 9.64. The zero-order valence-corrected chi connectivity index (χ0v) is 15.4. The van der Waals surface area contributed by atoms with Gasteiger partial charge in [0.25, 0.3) is 0 Å². The summed E-state index contributed by atoms with van der Waals surface area (Å²) in [5, 5.41) is 9.79. The molecule has 0 radical (unpaired) electrons. The Morgan fingerprint density at radius 1 is 1.12 bits per heavy atom. The van der Waals surface area contributed by atoms with Gasteiger partial charge >= 0.3 is 0 Å². The molecule has 3 aliphatic carbocycles. The Morgan fingerprint density at radius 2 is 1.88 bits per heavy atom. The van der Waals surface area contributed by atoms with Gasteiger partial charge in [-0.05, 0) is 66.5 Å². The molecular formula is C24H30O. The van der Waals surface area contributed by atoms with Crippen molar-refractivity contribution in [2.45, 2.75) is 51.4 Å². The third kappa shape index (κ3) is 2.99. The number of benzene rings is 1. The van der Waals surface area contributed by atoms with Gasteiger partial charge in [-0.1, -0.05) is 62.8 Å². The van der Waals surface area contributed by atoms with Crippen molar-refractivity contribution in [2.24, 2.45) is 23.7 Å². The lowest BCUT2D eigenvalue weighted by Gasteiger charge is -2.40. The van der Waals surface area contributed by atoms with Crippen molar-refractivity contribution in [1.29, 1.82) is 0 Å². The van der Waals surface area contributed by atoms with Crippen molar-refractivity contribution in [3.05, 3.63) is 65.8 Å². The van der Waals surface area contributed by atoms with Gasteiger partial charge in [0.05, 0.1) is 0 Å². The van der Waals surface area contributed by atoms with Crippen LogP contribution in [0.2, 0.25) is 0 Å². The van der Waals surface area contributed by atoms with Crippen molar-refractivity contribution in [1.82, 2.24) is 0 Å². The topological polar surface area (TPSA) is 20.2 Å². The molecule has 1 aromatic carbocycles. The summed E-state index contributed by atoms with van der Waals surface area (Å²) < 4.78 is 0. The maximum atomic E-state index is 9.79. The zero-order chi connectivity index (χ0) is 17.6. The SMILES string of the molecule is C=C(O)c1ccc2c(c1)CC(C(=C)C1CCC(C)CC1)C1CC=CC21. The number of hydrogen-bond acceptors (Lipinski definition) is 1. The minimum Gasteiger partial charge on any atom is -0.508 e. The normalized spacial score (nSPS) is 33.6. The monoisotopic (exact) mass is 334 g/mol. The van der Waals surface area contributed by atoms with Crippen molar-refractivity contribution < 1.29 is 5.11 Å². The second-order valence-electron chi connectivity index (χ2n) is 8.56. The highest BCUT2D eigenvalue weighted by Crippen LogP contribution is 2.50. The quantitative estimate of drug-likeness (QED) is 0.499. The van der Waals surface area contributed by atoms with E-state index in [4.69, 9.17) is 0 Å². The molecule has 25 heavy (non-hydrogen) atoms. The largest absolute Gasteiger partial charge is 0.508 e. The van der Waals surface area contributed by atoms with Gasteiger partial charge in [0.2, 0.25) is 0 Å². The molecular weight excluding hydrogens is 304 g/mol. The third-order valence-electron chi connectivity index (χ3n) is 7.02. The van der Waals surface area contributed by atoms with Crippen LogP contribution in [0.4, 0.5) is 0 Å². The van der Waals surface area contributed by atoms with Gasteiger partial charge in [-0.3, -0.25) is 0 Å². The van der Waals surface area contributed by atoms with Crippen LogP contribution in [0.5, 0.6) is 0 Å². The summed E-state index contributed by atoms with van der Waals surface area (Å²) in [6.45, 7) is 10.7. The molecule has 0 aromatic heterocycles. The molecule has 1 aromatic rings. The molecule has 1 N–H and O–H groups in total. The number of hydrogen-bond donors (Lipinski definition) is 1. The fourth-order valence-corrected chi connectivity index (χ4v) is 5.44. The highest BCUT2D eigenvalue weighted by Gasteiger charge is 2.40. The summed E-state index contributed by atoms with van der Waals surface area (Å²) in [5.74, 6) is 3.54. The lowest BCUT2D eigenvalue weighted by molar-refractivity contribution is 0.265. The van der Waals surface area contributed by atoms with Gasteiger partial charge < -0.3 is 5.11 Å². The molecule has 4 rings (SSSR count). The predicted octanol–water partition coefficient (Wildman–Crippen LogP) is 6.43. The molecule has 0 bridgehead atoms. The highest BCUT2D eigenvalue weighted by molar-refractivity contribution is 5.59. The van der Waals surface area contributed by atoms with E-state index in [-0.39, 0.29) is 5.76 Å². The summed E-state index contributed by atoms with van der Waals surface area (Å²) in [5.41, 5.74) is 5.19. The molecule has 1 fully saturated rings. The van der Waals surface area contributed by atoms with Crippen LogP contribution in [0, 0.1) is 23.7 Å². The molecule has 0 aliphatic heterocycles. The first-order valence-corrected chi connectivity index (χ1v) is 9.91. The molecule has 3 unspecified atom stereocenters. The average molecular weight is 335 g/mol. The Morgan fingerprint density at radius 3 is 2.60 bits per heavy atom. The fraction of sp³-hybridized carbons (Fsp3) is 0.500. The standard InChI is InChI=1S/C24H30O/c1-15-7-9-18(10-8-15)16(2)24-14-20-13-19(17(3)25)11-12-21(20)22-5-4-6-23(22)24/h4-5,11-13,15,18,22-25H,2-3,6-10,14H2,1H3. The number of aliphatic hydroxyl groups is 1. The molecule has 3 atom stereocenters. The lowest BCUT2D eigenvalue weighted by Crippen LogP contribution is -2.31. The van der Waals surface area contributed by atoms with Crippen molar-refractivity contribution >= 4 is 5.76 Å². The summed E-state index contributed by atoms with van der Waals surface area (Å²) in [6.07, 6.45) is 12.4. The van der Waals surface area contributed by atoms with Crippen molar-refractivity contribution in [3.63, 3.8) is 0 Å². The molecule has 1 nitrogen and oxygen atoms in total. The van der Waals surface area contributed by atoms with Crippen LogP contribution in [0.1, 0.15) is 61.6 Å². The Bertz CT molecular complexity index is 718. The van der Waals surface area contributed by atoms with Gasteiger partial charge in [0, 0.05) is 11.5 Å². The number of fused-ring (bicyclic) bond motifs is 3. The maximum absolute atomic E-state index is 9.79. The van der Waals surface area contributed by atoms with Crippen LogP contribution < -0.4 is 0 Å². The van der Waals surface area contributed by atoms with Gasteiger partial charge in [-0.2, -0.15) is 0 Å². The number of allylic oxidation sites excluding steroid dienone is 3. The van der Waals surface area contributed by atoms with E-state index < -0.39 is 0 Å². The third-order valence-corrected chi connectivity index (χ3v) is 7.02. The summed E-state index contributed by atoms with van der Waals surface area (Å²) in [7, 11) is 0. The van der Waals surface area contributed by atoms with Crippen molar-refractivity contribution in [3.8, 4) is 0 Å². The van der Waals surface area contributed by atoms with Gasteiger partial charge in [0.1, 0.15) is 5.76 Å². The van der Waals surface area contributed by atoms with E-state index in [1.165, 1.54) is 48.8 Å². The minimum atomic E-state index is 0.170. The van der Waals surface area contributed by atoms with Crippen LogP contribution in [-0.4, -0.2) is 5.11 Å². The Hall–Kier alpha value is -1.76. The molecule has 1 heteroatoms. The van der Waals surface area contributed by atoms with E-state index in [2.05, 4.69) is 44.4 Å². The van der Waals surface area contributed by atoms with E-state index in [1.807, 2.05) is 6.07 Å². The van der Waals surface area contributed by atoms with E-state index >= 15 is 0 Å². The van der Waals surface area contributed by atoms with E-state index in [1.54, 1.807) is 0 Å². The van der Waals surface area contributed by atoms with E-state index in [0.29, 0.717) is 23.7 Å². The van der Waals surface area contributed by atoms with Crippen LogP contribution in [0.15, 0.2) is 49.1 Å². The molecule has 3 aliphatic rings. The van der Waals surface area contributed by atoms with Crippen LogP contribution in [0.3, 0.4) is 0 Å². The maximum Gasteiger partial charge on any atom is 0.115 e. The molecule has 0 saturated heterocycles. The van der Waals surface area contributed by atoms with E-state index in [0.717, 1.165) is 17.9 Å². The second kappa shape index (κ2) is 6.52. The van der Waals surface area contributed by atoms with Gasteiger partial charge in [0.15, 0.2) is 0 Å². The zero-order valence-electron chi connectivity index (χ0n) is 15.4. The highest BCUT2D eigenvalue weighted by atomic mass is 16.3. The van der Waals surface area contributed by atoms with E-state index in [9.17, 15) is 5.11 Å². The Kier molecular flexibility index (Phi) is 4.35.